The molecule has 98 valence electrons. The summed E-state index contributed by atoms with van der Waals surface area (Å²) < 4.78 is 37.0. The van der Waals surface area contributed by atoms with Crippen molar-refractivity contribution in [2.75, 3.05) is 0 Å². The fourth-order valence-electron chi connectivity index (χ4n) is 1.22. The molecule has 0 aliphatic rings. The maximum Gasteiger partial charge on any atom is 0.416 e. The number of halogens is 3. The number of carbonyl (C=O) groups excluding carboxylic acids is 1. The van der Waals surface area contributed by atoms with Crippen LogP contribution in [0.4, 0.5) is 13.2 Å². The van der Waals surface area contributed by atoms with E-state index in [2.05, 4.69) is 0 Å². The van der Waals surface area contributed by atoms with Gasteiger partial charge in [0.2, 0.25) is 0 Å². The fraction of sp³-hybridized carbons (Fsp3) is 0.308. The Hall–Kier alpha value is -1.78. The molecule has 0 fully saturated rings. The van der Waals surface area contributed by atoms with Gasteiger partial charge in [-0.2, -0.15) is 13.2 Å². The van der Waals surface area contributed by atoms with E-state index in [4.69, 9.17) is 5.73 Å². The van der Waals surface area contributed by atoms with Gasteiger partial charge in [-0.1, -0.05) is 26.0 Å². The van der Waals surface area contributed by atoms with E-state index in [0.29, 0.717) is 5.70 Å². The lowest BCUT2D eigenvalue weighted by Gasteiger charge is -2.07. The van der Waals surface area contributed by atoms with Crippen LogP contribution in [0.25, 0.3) is 0 Å². The monoisotopic (exact) mass is 257 g/mol. The summed E-state index contributed by atoms with van der Waals surface area (Å²) >= 11 is 0. The molecule has 0 amide bonds. The van der Waals surface area contributed by atoms with Crippen LogP contribution in [-0.4, -0.2) is 5.78 Å². The van der Waals surface area contributed by atoms with Crippen LogP contribution < -0.4 is 5.73 Å². The summed E-state index contributed by atoms with van der Waals surface area (Å²) in [6.07, 6.45) is -3.15. The van der Waals surface area contributed by atoms with Crippen LogP contribution >= 0.6 is 0 Å². The first-order valence-electron chi connectivity index (χ1n) is 5.40. The lowest BCUT2D eigenvalue weighted by molar-refractivity contribution is -0.137. The van der Waals surface area contributed by atoms with Gasteiger partial charge in [0.05, 0.1) is 5.56 Å². The molecule has 1 rings (SSSR count). The maximum atomic E-state index is 12.3. The molecule has 0 saturated heterocycles. The molecule has 0 aromatic heterocycles. The predicted octanol–water partition coefficient (Wildman–Crippen LogP) is 3.39. The molecule has 0 heterocycles. The van der Waals surface area contributed by atoms with Gasteiger partial charge in [-0.3, -0.25) is 4.79 Å². The lowest BCUT2D eigenvalue weighted by atomic mass is 10.0. The van der Waals surface area contributed by atoms with E-state index in [1.807, 2.05) is 13.8 Å². The number of ketones is 1. The van der Waals surface area contributed by atoms with Crippen molar-refractivity contribution in [3.05, 3.63) is 47.2 Å². The molecule has 0 saturated carbocycles. The van der Waals surface area contributed by atoms with Gasteiger partial charge in [-0.25, -0.2) is 0 Å². The number of carbonyl (C=O) groups is 1. The molecule has 2 N–H and O–H groups in total. The Morgan fingerprint density at radius 1 is 1.22 bits per heavy atom. The number of benzene rings is 1. The van der Waals surface area contributed by atoms with Crippen LogP contribution in [0.15, 0.2) is 36.0 Å². The van der Waals surface area contributed by atoms with Crippen molar-refractivity contribution in [3.63, 3.8) is 0 Å². The summed E-state index contributed by atoms with van der Waals surface area (Å²) in [5, 5.41) is 0. The van der Waals surface area contributed by atoms with Gasteiger partial charge in [0.15, 0.2) is 5.78 Å². The van der Waals surface area contributed by atoms with Gasteiger partial charge in [0, 0.05) is 17.3 Å². The highest BCUT2D eigenvalue weighted by atomic mass is 19.4. The summed E-state index contributed by atoms with van der Waals surface area (Å²) in [4.78, 5) is 11.7. The molecule has 0 aliphatic heterocycles. The van der Waals surface area contributed by atoms with Gasteiger partial charge in [0.1, 0.15) is 0 Å². The van der Waals surface area contributed by atoms with E-state index in [9.17, 15) is 18.0 Å². The van der Waals surface area contributed by atoms with Crippen molar-refractivity contribution in [2.24, 2.45) is 11.7 Å². The van der Waals surface area contributed by atoms with Gasteiger partial charge in [0.25, 0.3) is 0 Å². The van der Waals surface area contributed by atoms with E-state index in [0.717, 1.165) is 24.3 Å². The van der Waals surface area contributed by atoms with Crippen molar-refractivity contribution in [2.45, 2.75) is 20.0 Å². The van der Waals surface area contributed by atoms with Crippen LogP contribution in [0.1, 0.15) is 29.8 Å². The van der Waals surface area contributed by atoms with Crippen LogP contribution in [0.3, 0.4) is 0 Å². The van der Waals surface area contributed by atoms with Gasteiger partial charge >= 0.3 is 6.18 Å². The second-order valence-corrected chi connectivity index (χ2v) is 4.24. The summed E-state index contributed by atoms with van der Waals surface area (Å²) in [6.45, 7) is 3.65. The van der Waals surface area contributed by atoms with E-state index >= 15 is 0 Å². The van der Waals surface area contributed by atoms with E-state index in [-0.39, 0.29) is 11.5 Å². The second-order valence-electron chi connectivity index (χ2n) is 4.24. The third kappa shape index (κ3) is 3.61. The Labute approximate surface area is 103 Å². The van der Waals surface area contributed by atoms with Crippen LogP contribution in [0, 0.1) is 5.92 Å². The Bertz CT molecular complexity index is 458. The number of hydrogen-bond acceptors (Lipinski definition) is 2. The van der Waals surface area contributed by atoms with Gasteiger partial charge < -0.3 is 5.73 Å². The van der Waals surface area contributed by atoms with Gasteiger partial charge in [-0.05, 0) is 18.1 Å². The van der Waals surface area contributed by atoms with E-state index < -0.39 is 17.5 Å². The van der Waals surface area contributed by atoms with Crippen molar-refractivity contribution in [1.29, 1.82) is 0 Å². The summed E-state index contributed by atoms with van der Waals surface area (Å²) in [7, 11) is 0. The van der Waals surface area contributed by atoms with Crippen LogP contribution in [0.2, 0.25) is 0 Å². The molecular formula is C13H14F3NO. The largest absolute Gasteiger partial charge is 0.416 e. The summed E-state index contributed by atoms with van der Waals surface area (Å²) in [5.41, 5.74) is 5.43. The van der Waals surface area contributed by atoms with E-state index in [1.165, 1.54) is 6.08 Å². The number of nitrogens with two attached hydrogens (primary N) is 1. The number of allylic oxidation sites excluding steroid dienone is 2. The molecule has 0 unspecified atom stereocenters. The van der Waals surface area contributed by atoms with E-state index in [1.54, 1.807) is 0 Å². The lowest BCUT2D eigenvalue weighted by Crippen LogP contribution is -2.09. The van der Waals surface area contributed by atoms with Gasteiger partial charge in [-0.15, -0.1) is 0 Å². The zero-order valence-corrected chi connectivity index (χ0v) is 10.1. The van der Waals surface area contributed by atoms with Crippen LogP contribution in [-0.2, 0) is 6.18 Å². The second kappa shape index (κ2) is 5.25. The SMILES string of the molecule is CC(C)/C(N)=C\C(=O)c1ccc(C(F)(F)F)cc1. The Morgan fingerprint density at radius 2 is 1.72 bits per heavy atom. The Kier molecular flexibility index (Phi) is 4.16. The average molecular weight is 257 g/mol. The molecule has 1 aromatic carbocycles. The molecule has 0 spiro atoms. The van der Waals surface area contributed by atoms with Crippen molar-refractivity contribution in [3.8, 4) is 0 Å². The zero-order chi connectivity index (χ0) is 13.9. The molecule has 18 heavy (non-hydrogen) atoms. The topological polar surface area (TPSA) is 43.1 Å². The molecule has 0 radical (unpaired) electrons. The summed E-state index contributed by atoms with van der Waals surface area (Å²) in [5.74, 6) is -0.377. The third-order valence-electron chi connectivity index (χ3n) is 2.46. The third-order valence-corrected chi connectivity index (χ3v) is 2.46. The number of alkyl halides is 3. The van der Waals surface area contributed by atoms with Crippen molar-refractivity contribution in [1.82, 2.24) is 0 Å². The molecule has 5 heteroatoms. The fourth-order valence-corrected chi connectivity index (χ4v) is 1.22. The number of hydrogen-bond donors (Lipinski definition) is 1. The van der Waals surface area contributed by atoms with Crippen molar-refractivity contribution < 1.29 is 18.0 Å². The smallest absolute Gasteiger partial charge is 0.402 e. The normalized spacial score (nSPS) is 12.9. The molecule has 2 nitrogen and oxygen atoms in total. The standard InChI is InChI=1S/C13H14F3NO/c1-8(2)11(17)7-12(18)9-3-5-10(6-4-9)13(14,15)16/h3-8H,17H2,1-2H3/b11-7+. The highest BCUT2D eigenvalue weighted by Gasteiger charge is 2.30. The zero-order valence-electron chi connectivity index (χ0n) is 10.1. The highest BCUT2D eigenvalue weighted by Crippen LogP contribution is 2.29. The first-order chi connectivity index (χ1) is 8.21. The molecule has 0 aliphatic carbocycles. The number of rotatable bonds is 3. The minimum Gasteiger partial charge on any atom is -0.402 e. The molecule has 0 atom stereocenters. The molecule has 0 bridgehead atoms. The Morgan fingerprint density at radius 3 is 2.11 bits per heavy atom. The minimum atomic E-state index is -4.39. The maximum absolute atomic E-state index is 12.3. The van der Waals surface area contributed by atoms with Crippen LogP contribution in [0.5, 0.6) is 0 Å². The quantitative estimate of drug-likeness (QED) is 0.666. The van der Waals surface area contributed by atoms with Crippen molar-refractivity contribution >= 4 is 5.78 Å². The average Bonchev–Trinajstić information content (AvgIpc) is 2.27. The molecule has 1 aromatic rings. The predicted molar refractivity (Wildman–Crippen MR) is 62.9 cm³/mol. The highest BCUT2D eigenvalue weighted by molar-refractivity contribution is 6.04. The first kappa shape index (κ1) is 14.3. The molecular weight excluding hydrogens is 243 g/mol. The summed E-state index contributed by atoms with van der Waals surface area (Å²) in [6, 6.07) is 4.06. The minimum absolute atomic E-state index is 0.0170. The first-order valence-corrected chi connectivity index (χ1v) is 5.40. The Balaban J connectivity index is 2.93.